The van der Waals surface area contributed by atoms with Crippen LogP contribution in [0.1, 0.15) is 4.88 Å². The SMILES string of the molecule is OCc1sc(Br)nc1-c1cc(Cl)cc(Cl)c1. The topological polar surface area (TPSA) is 33.1 Å². The van der Waals surface area contributed by atoms with E-state index in [1.165, 1.54) is 11.3 Å². The molecule has 0 spiro atoms. The van der Waals surface area contributed by atoms with Crippen molar-refractivity contribution < 1.29 is 5.11 Å². The molecule has 84 valence electrons. The summed E-state index contributed by atoms with van der Waals surface area (Å²) in [6.07, 6.45) is 0. The third-order valence-electron chi connectivity index (χ3n) is 1.95. The van der Waals surface area contributed by atoms with E-state index in [1.54, 1.807) is 18.2 Å². The summed E-state index contributed by atoms with van der Waals surface area (Å²) in [5.41, 5.74) is 1.52. The highest BCUT2D eigenvalue weighted by Gasteiger charge is 2.12. The maximum absolute atomic E-state index is 9.22. The first-order valence-electron chi connectivity index (χ1n) is 4.32. The summed E-state index contributed by atoms with van der Waals surface area (Å²) >= 11 is 16.5. The molecule has 1 aromatic heterocycles. The summed E-state index contributed by atoms with van der Waals surface area (Å²) in [6.45, 7) is -0.0528. The Labute approximate surface area is 115 Å². The van der Waals surface area contributed by atoms with Crippen molar-refractivity contribution in [2.45, 2.75) is 6.61 Å². The number of thiazole rings is 1. The number of halogens is 3. The Morgan fingerprint density at radius 3 is 2.44 bits per heavy atom. The van der Waals surface area contributed by atoms with Crippen molar-refractivity contribution in [1.29, 1.82) is 0 Å². The van der Waals surface area contributed by atoms with Gasteiger partial charge in [-0.05, 0) is 34.1 Å². The van der Waals surface area contributed by atoms with Gasteiger partial charge in [0.15, 0.2) is 3.92 Å². The number of aliphatic hydroxyl groups is 1. The van der Waals surface area contributed by atoms with Crippen LogP contribution in [0.25, 0.3) is 11.3 Å². The molecular weight excluding hydrogens is 333 g/mol. The first kappa shape index (κ1) is 12.3. The molecular formula is C10H6BrCl2NOS. The fourth-order valence-electron chi connectivity index (χ4n) is 1.35. The van der Waals surface area contributed by atoms with E-state index in [0.717, 1.165) is 14.4 Å². The van der Waals surface area contributed by atoms with Gasteiger partial charge in [-0.25, -0.2) is 4.98 Å². The van der Waals surface area contributed by atoms with Crippen molar-refractivity contribution in [2.24, 2.45) is 0 Å². The predicted molar refractivity (Wildman–Crippen MR) is 71.2 cm³/mol. The van der Waals surface area contributed by atoms with Crippen LogP contribution < -0.4 is 0 Å². The van der Waals surface area contributed by atoms with Gasteiger partial charge >= 0.3 is 0 Å². The summed E-state index contributed by atoms with van der Waals surface area (Å²) in [5.74, 6) is 0. The van der Waals surface area contributed by atoms with Crippen molar-refractivity contribution in [2.75, 3.05) is 0 Å². The molecule has 0 bridgehead atoms. The van der Waals surface area contributed by atoms with E-state index in [4.69, 9.17) is 23.2 Å². The molecule has 1 aromatic carbocycles. The summed E-state index contributed by atoms with van der Waals surface area (Å²) in [6, 6.07) is 5.20. The van der Waals surface area contributed by atoms with Gasteiger partial charge in [-0.15, -0.1) is 11.3 Å². The zero-order valence-corrected chi connectivity index (χ0v) is 11.8. The largest absolute Gasteiger partial charge is 0.391 e. The van der Waals surface area contributed by atoms with E-state index in [1.807, 2.05) is 0 Å². The Bertz CT molecular complexity index is 509. The highest BCUT2D eigenvalue weighted by Crippen LogP contribution is 2.33. The molecule has 0 radical (unpaired) electrons. The van der Waals surface area contributed by atoms with E-state index in [0.29, 0.717) is 15.7 Å². The third-order valence-corrected chi connectivity index (χ3v) is 3.88. The molecule has 0 saturated heterocycles. The summed E-state index contributed by atoms with van der Waals surface area (Å²) < 4.78 is 0.725. The van der Waals surface area contributed by atoms with Crippen LogP contribution in [0.5, 0.6) is 0 Å². The maximum Gasteiger partial charge on any atom is 0.160 e. The van der Waals surface area contributed by atoms with Gasteiger partial charge in [0, 0.05) is 15.6 Å². The van der Waals surface area contributed by atoms with Crippen LogP contribution in [0.4, 0.5) is 0 Å². The molecule has 0 unspecified atom stereocenters. The van der Waals surface area contributed by atoms with E-state index in [9.17, 15) is 5.11 Å². The first-order chi connectivity index (χ1) is 7.60. The summed E-state index contributed by atoms with van der Waals surface area (Å²) in [4.78, 5) is 5.07. The lowest BCUT2D eigenvalue weighted by Crippen LogP contribution is -1.85. The second kappa shape index (κ2) is 5.02. The lowest BCUT2D eigenvalue weighted by atomic mass is 10.1. The number of aromatic nitrogens is 1. The van der Waals surface area contributed by atoms with E-state index >= 15 is 0 Å². The minimum Gasteiger partial charge on any atom is -0.391 e. The molecule has 16 heavy (non-hydrogen) atoms. The molecule has 0 aliphatic carbocycles. The molecule has 1 N–H and O–H groups in total. The Morgan fingerprint density at radius 1 is 1.25 bits per heavy atom. The quantitative estimate of drug-likeness (QED) is 0.881. The fourth-order valence-corrected chi connectivity index (χ4v) is 3.30. The predicted octanol–water partition coefficient (Wildman–Crippen LogP) is 4.37. The van der Waals surface area contributed by atoms with Crippen molar-refractivity contribution in [3.8, 4) is 11.3 Å². The Kier molecular flexibility index (Phi) is 3.87. The Hall–Kier alpha value is -0.130. The lowest BCUT2D eigenvalue weighted by Gasteiger charge is -2.01. The van der Waals surface area contributed by atoms with Crippen LogP contribution in [0.2, 0.25) is 10.0 Å². The highest BCUT2D eigenvalue weighted by molar-refractivity contribution is 9.11. The zero-order chi connectivity index (χ0) is 11.7. The highest BCUT2D eigenvalue weighted by atomic mass is 79.9. The number of rotatable bonds is 2. The Morgan fingerprint density at radius 2 is 1.88 bits per heavy atom. The van der Waals surface area contributed by atoms with E-state index in [-0.39, 0.29) is 6.61 Å². The standard InChI is InChI=1S/C10H6BrCl2NOS/c11-10-14-9(8(4-15)16-10)5-1-6(12)3-7(13)2-5/h1-3,15H,4H2. The zero-order valence-electron chi connectivity index (χ0n) is 7.88. The van der Waals surface area contributed by atoms with Crippen LogP contribution in [-0.2, 0) is 6.61 Å². The van der Waals surface area contributed by atoms with Gasteiger partial charge in [-0.3, -0.25) is 0 Å². The lowest BCUT2D eigenvalue weighted by molar-refractivity contribution is 0.286. The van der Waals surface area contributed by atoms with Crippen molar-refractivity contribution in [1.82, 2.24) is 4.98 Å². The van der Waals surface area contributed by atoms with E-state index in [2.05, 4.69) is 20.9 Å². The summed E-state index contributed by atoms with van der Waals surface area (Å²) in [5, 5.41) is 10.3. The molecule has 0 fully saturated rings. The third kappa shape index (κ3) is 2.57. The van der Waals surface area contributed by atoms with Crippen LogP contribution in [0, 0.1) is 0 Å². The van der Waals surface area contributed by atoms with Gasteiger partial charge in [-0.1, -0.05) is 23.2 Å². The molecule has 1 heterocycles. The molecule has 2 nitrogen and oxygen atoms in total. The van der Waals surface area contributed by atoms with Crippen LogP contribution in [0.15, 0.2) is 22.1 Å². The molecule has 0 amide bonds. The Balaban J connectivity index is 2.57. The molecule has 2 aromatic rings. The number of hydrogen-bond acceptors (Lipinski definition) is 3. The number of aliphatic hydroxyl groups excluding tert-OH is 1. The monoisotopic (exact) mass is 337 g/mol. The van der Waals surface area contributed by atoms with Crippen molar-refractivity contribution in [3.05, 3.63) is 37.0 Å². The second-order valence-corrected chi connectivity index (χ2v) is 6.29. The van der Waals surface area contributed by atoms with E-state index < -0.39 is 0 Å². The minimum atomic E-state index is -0.0528. The molecule has 0 aliphatic heterocycles. The fraction of sp³-hybridized carbons (Fsp3) is 0.100. The smallest absolute Gasteiger partial charge is 0.160 e. The minimum absolute atomic E-state index is 0.0528. The van der Waals surface area contributed by atoms with Gasteiger partial charge in [0.2, 0.25) is 0 Å². The van der Waals surface area contributed by atoms with Gasteiger partial charge in [0.05, 0.1) is 17.2 Å². The second-order valence-electron chi connectivity index (χ2n) is 3.05. The summed E-state index contributed by atoms with van der Waals surface area (Å²) in [7, 11) is 0. The van der Waals surface area contributed by atoms with Crippen molar-refractivity contribution in [3.63, 3.8) is 0 Å². The van der Waals surface area contributed by atoms with Crippen LogP contribution in [-0.4, -0.2) is 10.1 Å². The normalized spacial score (nSPS) is 10.8. The van der Waals surface area contributed by atoms with Gasteiger partial charge in [0.25, 0.3) is 0 Å². The van der Waals surface area contributed by atoms with Gasteiger partial charge in [0.1, 0.15) is 0 Å². The number of benzene rings is 1. The average molecular weight is 339 g/mol. The number of nitrogens with zero attached hydrogens (tertiary/aromatic N) is 1. The number of hydrogen-bond donors (Lipinski definition) is 1. The van der Waals surface area contributed by atoms with Crippen molar-refractivity contribution >= 4 is 50.5 Å². The molecule has 6 heteroatoms. The molecule has 0 atom stereocenters. The first-order valence-corrected chi connectivity index (χ1v) is 6.69. The molecule has 0 saturated carbocycles. The average Bonchev–Trinajstić information content (AvgIpc) is 2.58. The molecule has 2 rings (SSSR count). The molecule has 0 aliphatic rings. The maximum atomic E-state index is 9.22. The van der Waals surface area contributed by atoms with Gasteiger partial charge < -0.3 is 5.11 Å². The van der Waals surface area contributed by atoms with Crippen LogP contribution in [0.3, 0.4) is 0 Å². The van der Waals surface area contributed by atoms with Gasteiger partial charge in [-0.2, -0.15) is 0 Å². The van der Waals surface area contributed by atoms with Crippen LogP contribution >= 0.6 is 50.5 Å².